The third-order valence-corrected chi connectivity index (χ3v) is 3.98. The van der Waals surface area contributed by atoms with E-state index in [1.54, 1.807) is 0 Å². The largest absolute Gasteiger partial charge is 0.361 e. The SMILES string of the molecule is Cc1noc(C)c1CN1CCC[C@H]1c1cccnc1. The molecule has 0 bridgehead atoms. The van der Waals surface area contributed by atoms with Crippen LogP contribution in [0.4, 0.5) is 0 Å². The van der Waals surface area contributed by atoms with Crippen LogP contribution in [0, 0.1) is 13.8 Å². The fraction of sp³-hybridized carbons (Fsp3) is 0.467. The van der Waals surface area contributed by atoms with Gasteiger partial charge in [0.25, 0.3) is 0 Å². The molecule has 4 nitrogen and oxygen atoms in total. The molecule has 0 aromatic carbocycles. The summed E-state index contributed by atoms with van der Waals surface area (Å²) in [6.07, 6.45) is 6.26. The van der Waals surface area contributed by atoms with Gasteiger partial charge in [-0.15, -0.1) is 0 Å². The van der Waals surface area contributed by atoms with Crippen LogP contribution in [0.2, 0.25) is 0 Å². The first-order valence-electron chi connectivity index (χ1n) is 6.81. The number of nitrogens with zero attached hydrogens (tertiary/aromatic N) is 3. The van der Waals surface area contributed by atoms with Crippen molar-refractivity contribution in [2.75, 3.05) is 6.54 Å². The molecule has 0 saturated carbocycles. The summed E-state index contributed by atoms with van der Waals surface area (Å²) in [5.41, 5.74) is 3.55. The Morgan fingerprint density at radius 2 is 2.32 bits per heavy atom. The molecule has 2 aromatic rings. The summed E-state index contributed by atoms with van der Waals surface area (Å²) in [5, 5.41) is 4.04. The first-order chi connectivity index (χ1) is 9.25. The van der Waals surface area contributed by atoms with E-state index in [4.69, 9.17) is 4.52 Å². The summed E-state index contributed by atoms with van der Waals surface area (Å²) in [6.45, 7) is 6.05. The van der Waals surface area contributed by atoms with Gasteiger partial charge in [0.05, 0.1) is 5.69 Å². The van der Waals surface area contributed by atoms with Crippen molar-refractivity contribution in [2.45, 2.75) is 39.3 Å². The van der Waals surface area contributed by atoms with Gasteiger partial charge >= 0.3 is 0 Å². The Morgan fingerprint density at radius 1 is 1.42 bits per heavy atom. The summed E-state index contributed by atoms with van der Waals surface area (Å²) in [7, 11) is 0. The number of aryl methyl sites for hydroxylation is 2. The van der Waals surface area contributed by atoms with Crippen LogP contribution in [0.1, 0.15) is 41.5 Å². The molecule has 0 amide bonds. The molecule has 100 valence electrons. The molecule has 1 aliphatic heterocycles. The van der Waals surface area contributed by atoms with E-state index in [-0.39, 0.29) is 0 Å². The van der Waals surface area contributed by atoms with Crippen LogP contribution in [0.15, 0.2) is 29.0 Å². The first kappa shape index (κ1) is 12.4. The highest BCUT2D eigenvalue weighted by Gasteiger charge is 2.27. The van der Waals surface area contributed by atoms with Gasteiger partial charge in [0.15, 0.2) is 0 Å². The van der Waals surface area contributed by atoms with Crippen LogP contribution in [-0.4, -0.2) is 21.6 Å². The second kappa shape index (κ2) is 5.13. The minimum Gasteiger partial charge on any atom is -0.361 e. The van der Waals surface area contributed by atoms with Crippen molar-refractivity contribution in [2.24, 2.45) is 0 Å². The minimum atomic E-state index is 0.474. The summed E-state index contributed by atoms with van der Waals surface area (Å²) in [6, 6.07) is 4.66. The van der Waals surface area contributed by atoms with Crippen LogP contribution < -0.4 is 0 Å². The summed E-state index contributed by atoms with van der Waals surface area (Å²) < 4.78 is 5.26. The molecule has 0 spiro atoms. The predicted molar refractivity (Wildman–Crippen MR) is 72.6 cm³/mol. The number of likely N-dealkylation sites (tertiary alicyclic amines) is 1. The average Bonchev–Trinajstić information content (AvgIpc) is 3.02. The van der Waals surface area contributed by atoms with Crippen LogP contribution in [-0.2, 0) is 6.54 Å². The van der Waals surface area contributed by atoms with Crippen LogP contribution in [0.3, 0.4) is 0 Å². The van der Waals surface area contributed by atoms with Crippen molar-refractivity contribution in [3.63, 3.8) is 0 Å². The zero-order valence-electron chi connectivity index (χ0n) is 11.5. The molecule has 1 saturated heterocycles. The van der Waals surface area contributed by atoms with E-state index in [2.05, 4.69) is 21.1 Å². The van der Waals surface area contributed by atoms with Crippen molar-refractivity contribution >= 4 is 0 Å². The lowest BCUT2D eigenvalue weighted by molar-refractivity contribution is 0.246. The van der Waals surface area contributed by atoms with E-state index in [0.29, 0.717) is 6.04 Å². The molecule has 1 fully saturated rings. The van der Waals surface area contributed by atoms with Crippen LogP contribution >= 0.6 is 0 Å². The van der Waals surface area contributed by atoms with Crippen molar-refractivity contribution in [3.05, 3.63) is 47.1 Å². The van der Waals surface area contributed by atoms with E-state index in [9.17, 15) is 0 Å². The van der Waals surface area contributed by atoms with E-state index in [0.717, 1.165) is 24.5 Å². The van der Waals surface area contributed by atoms with Gasteiger partial charge in [-0.1, -0.05) is 11.2 Å². The fourth-order valence-electron chi connectivity index (χ4n) is 2.90. The molecule has 1 aliphatic rings. The fourth-order valence-corrected chi connectivity index (χ4v) is 2.90. The van der Waals surface area contributed by atoms with Gasteiger partial charge in [-0.25, -0.2) is 0 Å². The van der Waals surface area contributed by atoms with Crippen molar-refractivity contribution in [1.82, 2.24) is 15.0 Å². The average molecular weight is 257 g/mol. The van der Waals surface area contributed by atoms with Gasteiger partial charge in [-0.05, 0) is 44.9 Å². The molecule has 0 radical (unpaired) electrons. The van der Waals surface area contributed by atoms with Gasteiger partial charge in [0.2, 0.25) is 0 Å². The number of pyridine rings is 1. The van der Waals surface area contributed by atoms with Crippen LogP contribution in [0.25, 0.3) is 0 Å². The summed E-state index contributed by atoms with van der Waals surface area (Å²) >= 11 is 0. The van der Waals surface area contributed by atoms with E-state index >= 15 is 0 Å². The van der Waals surface area contributed by atoms with Gasteiger partial charge in [0, 0.05) is 30.5 Å². The third-order valence-electron chi connectivity index (χ3n) is 3.98. The Morgan fingerprint density at radius 3 is 3.00 bits per heavy atom. The second-order valence-electron chi connectivity index (χ2n) is 5.22. The zero-order chi connectivity index (χ0) is 13.2. The van der Waals surface area contributed by atoms with E-state index in [1.807, 2.05) is 32.3 Å². The molecule has 0 N–H and O–H groups in total. The maximum atomic E-state index is 5.26. The van der Waals surface area contributed by atoms with Gasteiger partial charge < -0.3 is 4.52 Å². The summed E-state index contributed by atoms with van der Waals surface area (Å²) in [5.74, 6) is 0.939. The summed E-state index contributed by atoms with van der Waals surface area (Å²) in [4.78, 5) is 6.74. The normalized spacial score (nSPS) is 20.0. The first-order valence-corrected chi connectivity index (χ1v) is 6.81. The molecule has 1 atom stereocenters. The lowest BCUT2D eigenvalue weighted by Gasteiger charge is -2.24. The van der Waals surface area contributed by atoms with Crippen LogP contribution in [0.5, 0.6) is 0 Å². The molecule has 2 aromatic heterocycles. The molecule has 19 heavy (non-hydrogen) atoms. The molecule has 0 aliphatic carbocycles. The minimum absolute atomic E-state index is 0.474. The number of hydrogen-bond donors (Lipinski definition) is 0. The smallest absolute Gasteiger partial charge is 0.138 e. The third kappa shape index (κ3) is 2.40. The monoisotopic (exact) mass is 257 g/mol. The number of hydrogen-bond acceptors (Lipinski definition) is 4. The second-order valence-corrected chi connectivity index (χ2v) is 5.22. The number of rotatable bonds is 3. The van der Waals surface area contributed by atoms with Gasteiger partial charge in [-0.3, -0.25) is 9.88 Å². The standard InChI is InChI=1S/C15H19N3O/c1-11-14(12(2)19-17-11)10-18-8-4-6-15(18)13-5-3-7-16-9-13/h3,5,7,9,15H,4,6,8,10H2,1-2H3/t15-/m0/s1. The topological polar surface area (TPSA) is 42.2 Å². The Kier molecular flexibility index (Phi) is 3.34. The maximum Gasteiger partial charge on any atom is 0.138 e. The predicted octanol–water partition coefficient (Wildman–Crippen LogP) is 3.02. The molecular weight excluding hydrogens is 238 g/mol. The highest BCUT2D eigenvalue weighted by molar-refractivity contribution is 5.22. The molecule has 3 rings (SSSR count). The molecule has 4 heteroatoms. The lowest BCUT2D eigenvalue weighted by Crippen LogP contribution is -2.23. The Balaban J connectivity index is 1.81. The zero-order valence-corrected chi connectivity index (χ0v) is 11.5. The van der Waals surface area contributed by atoms with Gasteiger partial charge in [-0.2, -0.15) is 0 Å². The lowest BCUT2D eigenvalue weighted by atomic mass is 10.1. The molecule has 0 unspecified atom stereocenters. The quantitative estimate of drug-likeness (QED) is 0.847. The van der Waals surface area contributed by atoms with Crippen molar-refractivity contribution in [1.29, 1.82) is 0 Å². The number of aromatic nitrogens is 2. The van der Waals surface area contributed by atoms with E-state index < -0.39 is 0 Å². The maximum absolute atomic E-state index is 5.26. The van der Waals surface area contributed by atoms with E-state index in [1.165, 1.54) is 24.0 Å². The Labute approximate surface area is 113 Å². The van der Waals surface area contributed by atoms with Crippen molar-refractivity contribution < 1.29 is 4.52 Å². The Hall–Kier alpha value is -1.68. The van der Waals surface area contributed by atoms with Crippen molar-refractivity contribution in [3.8, 4) is 0 Å². The molecule has 3 heterocycles. The highest BCUT2D eigenvalue weighted by atomic mass is 16.5. The highest BCUT2D eigenvalue weighted by Crippen LogP contribution is 2.33. The van der Waals surface area contributed by atoms with Gasteiger partial charge in [0.1, 0.15) is 5.76 Å². The Bertz CT molecular complexity index is 530. The molecular formula is C15H19N3O.